The van der Waals surface area contributed by atoms with Gasteiger partial charge in [0.2, 0.25) is 5.91 Å². The van der Waals surface area contributed by atoms with E-state index < -0.39 is 0 Å². The maximum Gasteiger partial charge on any atom is 0.239 e. The Kier molecular flexibility index (Phi) is 3.06. The van der Waals surface area contributed by atoms with Crippen molar-refractivity contribution in [3.05, 3.63) is 0 Å². The van der Waals surface area contributed by atoms with Gasteiger partial charge in [0.1, 0.15) is 0 Å². The Morgan fingerprint density at radius 3 is 2.71 bits per heavy atom. The highest BCUT2D eigenvalue weighted by molar-refractivity contribution is 5.82. The van der Waals surface area contributed by atoms with E-state index in [0.717, 1.165) is 13.1 Å². The third-order valence-electron chi connectivity index (χ3n) is 3.57. The monoisotopic (exact) mass is 196 g/mol. The second kappa shape index (κ2) is 4.30. The van der Waals surface area contributed by atoms with Gasteiger partial charge in [0.25, 0.3) is 0 Å². The number of hydrogen-bond acceptors (Lipinski definition) is 2. The maximum atomic E-state index is 11.9. The first-order chi connectivity index (χ1) is 6.79. The highest BCUT2D eigenvalue weighted by atomic mass is 16.2. The van der Waals surface area contributed by atoms with Gasteiger partial charge < -0.3 is 10.2 Å². The highest BCUT2D eigenvalue weighted by Crippen LogP contribution is 2.27. The Hall–Kier alpha value is -0.570. The van der Waals surface area contributed by atoms with Crippen molar-refractivity contribution in [3.63, 3.8) is 0 Å². The van der Waals surface area contributed by atoms with E-state index in [1.54, 1.807) is 0 Å². The third kappa shape index (κ3) is 1.92. The van der Waals surface area contributed by atoms with E-state index in [2.05, 4.69) is 5.32 Å². The zero-order valence-electron chi connectivity index (χ0n) is 8.96. The first-order valence-corrected chi connectivity index (χ1v) is 5.77. The van der Waals surface area contributed by atoms with Crippen molar-refractivity contribution in [2.24, 2.45) is 5.92 Å². The summed E-state index contributed by atoms with van der Waals surface area (Å²) in [5.74, 6) is 0.905. The first-order valence-electron chi connectivity index (χ1n) is 5.77. The summed E-state index contributed by atoms with van der Waals surface area (Å²) in [5, 5.41) is 3.38. The predicted octanol–water partition coefficient (Wildman–Crippen LogP) is 0.997. The second-order valence-electron chi connectivity index (χ2n) is 4.59. The summed E-state index contributed by atoms with van der Waals surface area (Å²) < 4.78 is 0. The minimum atomic E-state index is 0.119. The second-order valence-corrected chi connectivity index (χ2v) is 4.59. The molecule has 0 aromatic heterocycles. The summed E-state index contributed by atoms with van der Waals surface area (Å²) in [5.41, 5.74) is 0. The molecule has 0 aromatic rings. The zero-order valence-corrected chi connectivity index (χ0v) is 8.96. The lowest BCUT2D eigenvalue weighted by Gasteiger charge is -2.36. The molecule has 2 fully saturated rings. The van der Waals surface area contributed by atoms with Crippen LogP contribution in [0.25, 0.3) is 0 Å². The summed E-state index contributed by atoms with van der Waals surface area (Å²) in [6.07, 6.45) is 6.43. The molecule has 0 bridgehead atoms. The molecule has 1 unspecified atom stereocenters. The van der Waals surface area contributed by atoms with Gasteiger partial charge in [-0.25, -0.2) is 0 Å². The van der Waals surface area contributed by atoms with Gasteiger partial charge >= 0.3 is 0 Å². The molecule has 2 aliphatic rings. The van der Waals surface area contributed by atoms with E-state index >= 15 is 0 Å². The van der Waals surface area contributed by atoms with E-state index in [0.29, 0.717) is 11.8 Å². The highest BCUT2D eigenvalue weighted by Gasteiger charge is 2.33. The van der Waals surface area contributed by atoms with E-state index in [1.165, 1.54) is 32.1 Å². The van der Waals surface area contributed by atoms with Crippen LogP contribution in [0.3, 0.4) is 0 Å². The lowest BCUT2D eigenvalue weighted by atomic mass is 9.83. The minimum Gasteiger partial charge on any atom is -0.343 e. The topological polar surface area (TPSA) is 32.3 Å². The largest absolute Gasteiger partial charge is 0.343 e. The molecule has 0 radical (unpaired) electrons. The van der Waals surface area contributed by atoms with Crippen LogP contribution >= 0.6 is 0 Å². The van der Waals surface area contributed by atoms with Crippen LogP contribution < -0.4 is 5.32 Å². The summed E-state index contributed by atoms with van der Waals surface area (Å²) in [6.45, 7) is 1.82. The molecule has 1 N–H and O–H groups in total. The summed E-state index contributed by atoms with van der Waals surface area (Å²) >= 11 is 0. The van der Waals surface area contributed by atoms with Gasteiger partial charge in [-0.05, 0) is 18.8 Å². The normalized spacial score (nSPS) is 30.8. The van der Waals surface area contributed by atoms with Crippen molar-refractivity contribution >= 4 is 5.91 Å². The molecule has 14 heavy (non-hydrogen) atoms. The molecule has 1 saturated heterocycles. The van der Waals surface area contributed by atoms with Gasteiger partial charge in [0.15, 0.2) is 0 Å². The van der Waals surface area contributed by atoms with E-state index in [4.69, 9.17) is 0 Å². The van der Waals surface area contributed by atoms with E-state index in [1.807, 2.05) is 11.9 Å². The van der Waals surface area contributed by atoms with Crippen molar-refractivity contribution < 1.29 is 4.79 Å². The van der Waals surface area contributed by atoms with Gasteiger partial charge in [-0.15, -0.1) is 0 Å². The Balaban J connectivity index is 1.97. The number of hydrogen-bond donors (Lipinski definition) is 1. The maximum absolute atomic E-state index is 11.9. The molecule has 2 rings (SSSR count). The number of nitrogens with one attached hydrogen (secondary N) is 1. The SMILES string of the molecule is CN1CCNC(C2CCCCC2)C1=O. The lowest BCUT2D eigenvalue weighted by Crippen LogP contribution is -2.56. The quantitative estimate of drug-likeness (QED) is 0.678. The van der Waals surface area contributed by atoms with Gasteiger partial charge in [0.05, 0.1) is 6.04 Å². The van der Waals surface area contributed by atoms with Crippen molar-refractivity contribution in [2.75, 3.05) is 20.1 Å². The van der Waals surface area contributed by atoms with Crippen molar-refractivity contribution in [2.45, 2.75) is 38.1 Å². The smallest absolute Gasteiger partial charge is 0.239 e. The molecule has 1 aliphatic carbocycles. The van der Waals surface area contributed by atoms with Crippen molar-refractivity contribution in [1.29, 1.82) is 0 Å². The van der Waals surface area contributed by atoms with Crippen LogP contribution in [0, 0.1) is 5.92 Å². The molecular formula is C11H20N2O. The van der Waals surface area contributed by atoms with Crippen LogP contribution in [0.5, 0.6) is 0 Å². The Bertz CT molecular complexity index is 211. The summed E-state index contributed by atoms with van der Waals surface area (Å²) in [7, 11) is 1.92. The van der Waals surface area contributed by atoms with Crippen molar-refractivity contribution in [1.82, 2.24) is 10.2 Å². The molecule has 1 heterocycles. The lowest BCUT2D eigenvalue weighted by molar-refractivity contribution is -0.136. The Morgan fingerprint density at radius 1 is 1.29 bits per heavy atom. The van der Waals surface area contributed by atoms with Crippen LogP contribution in [-0.2, 0) is 4.79 Å². The fourth-order valence-electron chi connectivity index (χ4n) is 2.66. The molecule has 0 spiro atoms. The third-order valence-corrected chi connectivity index (χ3v) is 3.57. The molecule has 80 valence electrons. The summed E-state index contributed by atoms with van der Waals surface area (Å²) in [4.78, 5) is 13.8. The van der Waals surface area contributed by atoms with E-state index in [-0.39, 0.29) is 6.04 Å². The molecule has 3 nitrogen and oxygen atoms in total. The van der Waals surface area contributed by atoms with Crippen LogP contribution in [0.4, 0.5) is 0 Å². The standard InChI is InChI=1S/C11H20N2O/c1-13-8-7-12-10(11(13)14)9-5-3-2-4-6-9/h9-10,12H,2-8H2,1H3. The molecule has 0 aromatic carbocycles. The number of rotatable bonds is 1. The molecule has 1 amide bonds. The Morgan fingerprint density at radius 2 is 2.00 bits per heavy atom. The van der Waals surface area contributed by atoms with Gasteiger partial charge in [-0.3, -0.25) is 4.79 Å². The van der Waals surface area contributed by atoms with Crippen LogP contribution in [-0.4, -0.2) is 37.0 Å². The number of likely N-dealkylation sites (N-methyl/N-ethyl adjacent to an activating group) is 1. The van der Waals surface area contributed by atoms with Crippen molar-refractivity contribution in [3.8, 4) is 0 Å². The predicted molar refractivity (Wildman–Crippen MR) is 56.0 cm³/mol. The first kappa shape index (κ1) is 9.97. The fraction of sp³-hybridized carbons (Fsp3) is 0.909. The zero-order chi connectivity index (χ0) is 9.97. The minimum absolute atomic E-state index is 0.119. The molecule has 1 atom stereocenters. The number of amides is 1. The molecular weight excluding hydrogens is 176 g/mol. The van der Waals surface area contributed by atoms with Gasteiger partial charge in [0, 0.05) is 20.1 Å². The number of carbonyl (C=O) groups excluding carboxylic acids is 1. The number of carbonyl (C=O) groups is 1. The molecule has 1 saturated carbocycles. The van der Waals surface area contributed by atoms with Gasteiger partial charge in [-0.2, -0.15) is 0 Å². The average molecular weight is 196 g/mol. The number of piperazine rings is 1. The van der Waals surface area contributed by atoms with Crippen LogP contribution in [0.15, 0.2) is 0 Å². The van der Waals surface area contributed by atoms with Gasteiger partial charge in [-0.1, -0.05) is 19.3 Å². The molecule has 3 heteroatoms. The summed E-state index contributed by atoms with van der Waals surface area (Å²) in [6, 6.07) is 0.119. The molecule has 1 aliphatic heterocycles. The average Bonchev–Trinajstić information content (AvgIpc) is 2.23. The van der Waals surface area contributed by atoms with E-state index in [9.17, 15) is 4.79 Å². The Labute approximate surface area is 85.8 Å². The van der Waals surface area contributed by atoms with Crippen LogP contribution in [0.1, 0.15) is 32.1 Å². The number of nitrogens with zero attached hydrogens (tertiary/aromatic N) is 1. The fourth-order valence-corrected chi connectivity index (χ4v) is 2.66. The van der Waals surface area contributed by atoms with Crippen LogP contribution in [0.2, 0.25) is 0 Å².